The van der Waals surface area contributed by atoms with Crippen LogP contribution in [0.5, 0.6) is 0 Å². The molecule has 0 saturated carbocycles. The molecule has 0 aromatic heterocycles. The second-order valence-electron chi connectivity index (χ2n) is 19.6. The summed E-state index contributed by atoms with van der Waals surface area (Å²) in [5.74, 6) is -0.124. The van der Waals surface area contributed by atoms with Gasteiger partial charge in [-0.25, -0.2) is 0 Å². The van der Waals surface area contributed by atoms with Crippen molar-refractivity contribution in [3.05, 3.63) is 60.8 Å². The minimum atomic E-state index is -0.849. The molecule has 1 amide bonds. The number of aliphatic hydroxyl groups is 2. The van der Waals surface area contributed by atoms with Gasteiger partial charge in [0.05, 0.1) is 25.4 Å². The molecule has 0 heterocycles. The molecule has 0 radical (unpaired) electrons. The summed E-state index contributed by atoms with van der Waals surface area (Å²) >= 11 is 0. The van der Waals surface area contributed by atoms with Gasteiger partial charge in [-0.05, 0) is 83.5 Å². The Bertz CT molecular complexity index is 1170. The van der Waals surface area contributed by atoms with E-state index in [1.54, 1.807) is 6.08 Å². The van der Waals surface area contributed by atoms with E-state index in [2.05, 4.69) is 67.8 Å². The van der Waals surface area contributed by atoms with Gasteiger partial charge in [-0.2, -0.15) is 0 Å². The van der Waals surface area contributed by atoms with E-state index in [0.717, 1.165) is 64.2 Å². The highest BCUT2D eigenvalue weighted by molar-refractivity contribution is 5.76. The maximum Gasteiger partial charge on any atom is 0.305 e. The number of ether oxygens (including phenoxy) is 1. The van der Waals surface area contributed by atoms with Gasteiger partial charge in [0.15, 0.2) is 0 Å². The smallest absolute Gasteiger partial charge is 0.305 e. The first-order chi connectivity index (χ1) is 33.0. The summed E-state index contributed by atoms with van der Waals surface area (Å²) in [6.45, 7) is 4.75. The van der Waals surface area contributed by atoms with E-state index in [1.807, 2.05) is 6.08 Å². The lowest BCUT2D eigenvalue weighted by atomic mass is 10.0. The summed E-state index contributed by atoms with van der Waals surface area (Å²) in [6, 6.07) is -0.633. The summed E-state index contributed by atoms with van der Waals surface area (Å²) in [6.07, 6.45) is 72.6. The second-order valence-corrected chi connectivity index (χ2v) is 19.6. The van der Waals surface area contributed by atoms with Crippen LogP contribution in [-0.4, -0.2) is 47.4 Å². The highest BCUT2D eigenvalue weighted by Gasteiger charge is 2.18. The molecule has 0 aromatic rings. The first-order valence-electron chi connectivity index (χ1n) is 29.1. The minimum absolute atomic E-state index is 0.0507. The number of amides is 1. The van der Waals surface area contributed by atoms with Crippen molar-refractivity contribution in [1.29, 1.82) is 0 Å². The molecular weight excluding hydrogens is 827 g/mol. The van der Waals surface area contributed by atoms with Gasteiger partial charge in [0.2, 0.25) is 5.91 Å². The van der Waals surface area contributed by atoms with Crippen molar-refractivity contribution in [2.45, 2.75) is 302 Å². The average molecular weight is 939 g/mol. The van der Waals surface area contributed by atoms with Crippen LogP contribution in [0.2, 0.25) is 0 Å². The molecular formula is C61H111NO5. The van der Waals surface area contributed by atoms with E-state index in [4.69, 9.17) is 4.74 Å². The highest BCUT2D eigenvalue weighted by atomic mass is 16.5. The first kappa shape index (κ1) is 64.6. The van der Waals surface area contributed by atoms with Crippen LogP contribution in [0.1, 0.15) is 290 Å². The molecule has 0 fully saturated rings. The fraction of sp³-hybridized carbons (Fsp3) is 0.803. The molecule has 6 heteroatoms. The Balaban J connectivity index is 3.49. The molecule has 390 valence electrons. The van der Waals surface area contributed by atoms with Crippen molar-refractivity contribution < 1.29 is 24.5 Å². The molecule has 2 unspecified atom stereocenters. The number of carbonyl (C=O) groups excluding carboxylic acids is 2. The van der Waals surface area contributed by atoms with Crippen molar-refractivity contribution in [3.8, 4) is 0 Å². The third-order valence-electron chi connectivity index (χ3n) is 13.0. The number of unbranched alkanes of at least 4 members (excludes halogenated alkanes) is 34. The van der Waals surface area contributed by atoms with Crippen LogP contribution in [-0.2, 0) is 14.3 Å². The number of hydrogen-bond donors (Lipinski definition) is 3. The number of aliphatic hydroxyl groups excluding tert-OH is 2. The Hall–Kier alpha value is -2.44. The van der Waals surface area contributed by atoms with E-state index >= 15 is 0 Å². The van der Waals surface area contributed by atoms with E-state index in [-0.39, 0.29) is 18.5 Å². The van der Waals surface area contributed by atoms with E-state index in [9.17, 15) is 19.8 Å². The molecule has 0 aliphatic heterocycles. The summed E-state index contributed by atoms with van der Waals surface area (Å²) < 4.78 is 5.41. The van der Waals surface area contributed by atoms with E-state index < -0.39 is 12.1 Å². The summed E-state index contributed by atoms with van der Waals surface area (Å²) in [5.41, 5.74) is 0. The van der Waals surface area contributed by atoms with Gasteiger partial charge in [-0.3, -0.25) is 9.59 Å². The third-order valence-corrected chi connectivity index (χ3v) is 13.0. The number of esters is 1. The number of nitrogens with one attached hydrogen (secondary N) is 1. The van der Waals surface area contributed by atoms with Crippen molar-refractivity contribution in [2.75, 3.05) is 13.2 Å². The van der Waals surface area contributed by atoms with Crippen LogP contribution in [0.4, 0.5) is 0 Å². The lowest BCUT2D eigenvalue weighted by Crippen LogP contribution is -2.45. The molecule has 0 aliphatic rings. The molecule has 0 bridgehead atoms. The Morgan fingerprint density at radius 2 is 0.746 bits per heavy atom. The SMILES string of the molecule is CCCCC/C=C\C/C=C\CCCCCCCC(=O)OCC/C=C\C/C=C\CCCCCCCCCCCCCCCCC(=O)NC(CO)C(O)/C=C/CCCCCCCCCCCCCC. The zero-order chi connectivity index (χ0) is 48.6. The predicted octanol–water partition coefficient (Wildman–Crippen LogP) is 18.0. The lowest BCUT2D eigenvalue weighted by molar-refractivity contribution is -0.143. The largest absolute Gasteiger partial charge is 0.465 e. The molecule has 6 nitrogen and oxygen atoms in total. The fourth-order valence-corrected chi connectivity index (χ4v) is 8.56. The lowest BCUT2D eigenvalue weighted by Gasteiger charge is -2.20. The van der Waals surface area contributed by atoms with Crippen molar-refractivity contribution >= 4 is 11.9 Å². The number of carbonyl (C=O) groups is 2. The van der Waals surface area contributed by atoms with Gasteiger partial charge in [0.25, 0.3) is 0 Å². The Labute approximate surface area is 416 Å². The van der Waals surface area contributed by atoms with Crippen LogP contribution in [0.3, 0.4) is 0 Å². The Morgan fingerprint density at radius 1 is 0.418 bits per heavy atom. The minimum Gasteiger partial charge on any atom is -0.465 e. The highest BCUT2D eigenvalue weighted by Crippen LogP contribution is 2.16. The van der Waals surface area contributed by atoms with Crippen molar-refractivity contribution in [2.24, 2.45) is 0 Å². The maximum atomic E-state index is 12.4. The van der Waals surface area contributed by atoms with Crippen LogP contribution in [0, 0.1) is 0 Å². The normalized spacial score (nSPS) is 13.1. The zero-order valence-corrected chi connectivity index (χ0v) is 44.4. The number of rotatable bonds is 53. The van der Waals surface area contributed by atoms with Gasteiger partial charge in [-0.1, -0.05) is 254 Å². The van der Waals surface area contributed by atoms with E-state index in [1.165, 1.54) is 199 Å². The monoisotopic (exact) mass is 938 g/mol. The molecule has 2 atom stereocenters. The average Bonchev–Trinajstić information content (AvgIpc) is 3.33. The quantitative estimate of drug-likeness (QED) is 0.0321. The topological polar surface area (TPSA) is 95.9 Å². The maximum absolute atomic E-state index is 12.4. The number of allylic oxidation sites excluding steroid dienone is 8. The van der Waals surface area contributed by atoms with Crippen LogP contribution < -0.4 is 5.32 Å². The third kappa shape index (κ3) is 52.8. The summed E-state index contributed by atoms with van der Waals surface area (Å²) in [5, 5.41) is 23.1. The standard InChI is InChI=1S/C61H111NO5/c1-3-5-7-9-11-13-15-17-26-31-35-39-43-47-51-55-61(66)67-56-52-48-44-40-36-32-28-25-23-21-19-20-22-24-27-30-34-38-42-46-50-54-60(65)62-58(57-63)59(64)53-49-45-41-37-33-29-18-16-14-12-10-8-6-4-2/h11,13,17,26,32,36,44,48-49,53,58-59,63-64H,3-10,12,14-16,18-25,27-31,33-35,37-43,45-47,50-52,54-57H2,1-2H3,(H,62,65)/b13-11-,26-17-,36-32-,48-44-,53-49+. The number of hydrogen-bond acceptors (Lipinski definition) is 5. The summed E-state index contributed by atoms with van der Waals surface area (Å²) in [7, 11) is 0. The van der Waals surface area contributed by atoms with Crippen LogP contribution in [0.25, 0.3) is 0 Å². The molecule has 67 heavy (non-hydrogen) atoms. The van der Waals surface area contributed by atoms with E-state index in [0.29, 0.717) is 19.4 Å². The predicted molar refractivity (Wildman–Crippen MR) is 292 cm³/mol. The molecule has 3 N–H and O–H groups in total. The molecule has 0 spiro atoms. The molecule has 0 aromatic carbocycles. The Morgan fingerprint density at radius 3 is 1.16 bits per heavy atom. The molecule has 0 rings (SSSR count). The molecule has 0 aliphatic carbocycles. The van der Waals surface area contributed by atoms with Gasteiger partial charge >= 0.3 is 5.97 Å². The van der Waals surface area contributed by atoms with Gasteiger partial charge in [-0.15, -0.1) is 0 Å². The van der Waals surface area contributed by atoms with Crippen molar-refractivity contribution in [1.82, 2.24) is 5.32 Å². The zero-order valence-electron chi connectivity index (χ0n) is 44.4. The Kier molecular flexibility index (Phi) is 54.1. The van der Waals surface area contributed by atoms with Gasteiger partial charge < -0.3 is 20.3 Å². The van der Waals surface area contributed by atoms with Gasteiger partial charge in [0.1, 0.15) is 0 Å². The molecule has 0 saturated heterocycles. The van der Waals surface area contributed by atoms with Gasteiger partial charge in [0, 0.05) is 12.8 Å². The van der Waals surface area contributed by atoms with Crippen LogP contribution in [0.15, 0.2) is 60.8 Å². The van der Waals surface area contributed by atoms with Crippen molar-refractivity contribution in [3.63, 3.8) is 0 Å². The van der Waals surface area contributed by atoms with Crippen LogP contribution >= 0.6 is 0 Å². The first-order valence-corrected chi connectivity index (χ1v) is 29.1. The second kappa shape index (κ2) is 56.2. The fourth-order valence-electron chi connectivity index (χ4n) is 8.56. The summed E-state index contributed by atoms with van der Waals surface area (Å²) in [4.78, 5) is 24.5.